The molecule has 0 bridgehead atoms. The molecule has 0 spiro atoms. The smallest absolute Gasteiger partial charge is 0.131 e. The molecule has 0 amide bonds. The lowest BCUT2D eigenvalue weighted by molar-refractivity contribution is 1.37. The van der Waals surface area contributed by atoms with Gasteiger partial charge in [-0.25, -0.2) is 4.98 Å². The largest absolute Gasteiger partial charge is 0.397 e. The van der Waals surface area contributed by atoms with Crippen molar-refractivity contribution in [3.8, 4) is 0 Å². The number of hydrogen-bond donors (Lipinski definition) is 2. The summed E-state index contributed by atoms with van der Waals surface area (Å²) in [6.07, 6.45) is 1.54. The molecule has 0 unspecified atom stereocenters. The second-order valence-corrected chi connectivity index (χ2v) is 3.23. The van der Waals surface area contributed by atoms with E-state index in [0.29, 0.717) is 16.5 Å². The fraction of sp³-hybridized carbons (Fsp3) is 0. The Labute approximate surface area is 80.3 Å². The lowest BCUT2D eigenvalue weighted by atomic mass is 10.1. The van der Waals surface area contributed by atoms with Gasteiger partial charge < -0.3 is 11.5 Å². The highest BCUT2D eigenvalue weighted by molar-refractivity contribution is 6.31. The van der Waals surface area contributed by atoms with Crippen LogP contribution in [0.25, 0.3) is 10.8 Å². The Kier molecular flexibility index (Phi) is 1.74. The Morgan fingerprint density at radius 3 is 2.69 bits per heavy atom. The number of nitrogens with two attached hydrogens (primary N) is 2. The zero-order chi connectivity index (χ0) is 9.42. The molecule has 0 atom stereocenters. The second-order valence-electron chi connectivity index (χ2n) is 2.79. The molecule has 3 nitrogen and oxygen atoms in total. The summed E-state index contributed by atoms with van der Waals surface area (Å²) in [6, 6.07) is 5.36. The molecule has 1 aromatic heterocycles. The topological polar surface area (TPSA) is 64.9 Å². The van der Waals surface area contributed by atoms with Crippen molar-refractivity contribution in [1.29, 1.82) is 0 Å². The third-order valence-corrected chi connectivity index (χ3v) is 2.15. The summed E-state index contributed by atoms with van der Waals surface area (Å²) in [4.78, 5) is 3.95. The van der Waals surface area contributed by atoms with E-state index in [2.05, 4.69) is 4.98 Å². The molecule has 0 saturated heterocycles. The molecule has 4 N–H and O–H groups in total. The molecule has 1 heterocycles. The molecule has 13 heavy (non-hydrogen) atoms. The van der Waals surface area contributed by atoms with E-state index >= 15 is 0 Å². The third-order valence-electron chi connectivity index (χ3n) is 1.91. The molecular formula is C9H8ClN3. The number of aromatic nitrogens is 1. The maximum atomic E-state index is 5.83. The normalized spacial score (nSPS) is 10.5. The second kappa shape index (κ2) is 2.78. The van der Waals surface area contributed by atoms with E-state index in [-0.39, 0.29) is 0 Å². The monoisotopic (exact) mass is 193 g/mol. The van der Waals surface area contributed by atoms with Crippen LogP contribution in [-0.4, -0.2) is 4.98 Å². The van der Waals surface area contributed by atoms with Gasteiger partial charge in [-0.1, -0.05) is 11.6 Å². The number of hydrogen-bond acceptors (Lipinski definition) is 3. The molecule has 0 radical (unpaired) electrons. The molecular weight excluding hydrogens is 186 g/mol. The van der Waals surface area contributed by atoms with Crippen molar-refractivity contribution in [1.82, 2.24) is 4.98 Å². The van der Waals surface area contributed by atoms with Gasteiger partial charge in [-0.05, 0) is 18.2 Å². The quantitative estimate of drug-likeness (QED) is 0.673. The SMILES string of the molecule is Nc1cnc(N)c2ccc(Cl)cc12. The Morgan fingerprint density at radius 1 is 1.15 bits per heavy atom. The van der Waals surface area contributed by atoms with Gasteiger partial charge >= 0.3 is 0 Å². The molecule has 0 fully saturated rings. The van der Waals surface area contributed by atoms with Crippen LogP contribution >= 0.6 is 11.6 Å². The maximum Gasteiger partial charge on any atom is 0.131 e. The van der Waals surface area contributed by atoms with Crippen LogP contribution in [0.1, 0.15) is 0 Å². The molecule has 0 aliphatic heterocycles. The van der Waals surface area contributed by atoms with Crippen LogP contribution in [0.4, 0.5) is 11.5 Å². The molecule has 2 rings (SSSR count). The van der Waals surface area contributed by atoms with Crippen molar-refractivity contribution >= 4 is 33.9 Å². The fourth-order valence-electron chi connectivity index (χ4n) is 1.26. The number of fused-ring (bicyclic) bond motifs is 1. The van der Waals surface area contributed by atoms with Crippen molar-refractivity contribution in [2.45, 2.75) is 0 Å². The highest BCUT2D eigenvalue weighted by Crippen LogP contribution is 2.26. The summed E-state index contributed by atoms with van der Waals surface area (Å²) >= 11 is 5.83. The first-order valence-electron chi connectivity index (χ1n) is 3.77. The minimum atomic E-state index is 0.473. The lowest BCUT2D eigenvalue weighted by Crippen LogP contribution is -1.95. The first-order valence-corrected chi connectivity index (χ1v) is 4.15. The van der Waals surface area contributed by atoms with Gasteiger partial charge in [0.25, 0.3) is 0 Å². The highest BCUT2D eigenvalue weighted by atomic mass is 35.5. The predicted molar refractivity (Wildman–Crippen MR) is 55.6 cm³/mol. The van der Waals surface area contributed by atoms with Crippen molar-refractivity contribution in [2.75, 3.05) is 11.5 Å². The van der Waals surface area contributed by atoms with Crippen LogP contribution in [0, 0.1) is 0 Å². The average molecular weight is 194 g/mol. The summed E-state index contributed by atoms with van der Waals surface area (Å²) in [5.41, 5.74) is 12.0. The summed E-state index contributed by atoms with van der Waals surface area (Å²) < 4.78 is 0. The summed E-state index contributed by atoms with van der Waals surface area (Å²) in [7, 11) is 0. The average Bonchev–Trinajstić information content (AvgIpc) is 2.12. The molecule has 1 aromatic carbocycles. The van der Waals surface area contributed by atoms with Crippen LogP contribution in [0.5, 0.6) is 0 Å². The van der Waals surface area contributed by atoms with E-state index in [1.54, 1.807) is 12.1 Å². The van der Waals surface area contributed by atoms with E-state index in [0.717, 1.165) is 10.8 Å². The van der Waals surface area contributed by atoms with Gasteiger partial charge in [-0.15, -0.1) is 0 Å². The zero-order valence-corrected chi connectivity index (χ0v) is 7.55. The minimum Gasteiger partial charge on any atom is -0.397 e. The number of nitrogens with zero attached hydrogens (tertiary/aromatic N) is 1. The fourth-order valence-corrected chi connectivity index (χ4v) is 1.43. The van der Waals surface area contributed by atoms with Crippen LogP contribution in [0.15, 0.2) is 24.4 Å². The predicted octanol–water partition coefficient (Wildman–Crippen LogP) is 2.05. The number of benzene rings is 1. The van der Waals surface area contributed by atoms with Gasteiger partial charge in [0.2, 0.25) is 0 Å². The van der Waals surface area contributed by atoms with Crippen LogP contribution in [0.2, 0.25) is 5.02 Å². The standard InChI is InChI=1S/C9H8ClN3/c10-5-1-2-6-7(3-5)8(11)4-13-9(6)12/h1-4H,11H2,(H2,12,13). The van der Waals surface area contributed by atoms with Crippen molar-refractivity contribution in [2.24, 2.45) is 0 Å². The Hall–Kier alpha value is -1.48. The van der Waals surface area contributed by atoms with E-state index in [4.69, 9.17) is 23.1 Å². The van der Waals surface area contributed by atoms with Crippen LogP contribution in [0.3, 0.4) is 0 Å². The third kappa shape index (κ3) is 1.27. The van der Waals surface area contributed by atoms with E-state index in [1.165, 1.54) is 6.20 Å². The van der Waals surface area contributed by atoms with Gasteiger partial charge in [0.1, 0.15) is 5.82 Å². The first-order chi connectivity index (χ1) is 6.18. The molecule has 0 aliphatic rings. The lowest BCUT2D eigenvalue weighted by Gasteiger charge is -2.03. The molecule has 0 aliphatic carbocycles. The van der Waals surface area contributed by atoms with E-state index in [1.807, 2.05) is 6.07 Å². The maximum absolute atomic E-state index is 5.83. The van der Waals surface area contributed by atoms with Crippen LogP contribution < -0.4 is 11.5 Å². The molecule has 4 heteroatoms. The van der Waals surface area contributed by atoms with Gasteiger partial charge in [-0.3, -0.25) is 0 Å². The van der Waals surface area contributed by atoms with Crippen molar-refractivity contribution in [3.63, 3.8) is 0 Å². The van der Waals surface area contributed by atoms with Gasteiger partial charge in [0.15, 0.2) is 0 Å². The van der Waals surface area contributed by atoms with E-state index < -0.39 is 0 Å². The summed E-state index contributed by atoms with van der Waals surface area (Å²) in [6.45, 7) is 0. The molecule has 2 aromatic rings. The molecule has 66 valence electrons. The number of nitrogen functional groups attached to an aromatic ring is 2. The Bertz CT molecular complexity index is 468. The number of pyridine rings is 1. The highest BCUT2D eigenvalue weighted by Gasteiger charge is 2.02. The first kappa shape index (κ1) is 8.13. The summed E-state index contributed by atoms with van der Waals surface area (Å²) in [5, 5.41) is 2.33. The number of rotatable bonds is 0. The molecule has 0 saturated carbocycles. The zero-order valence-electron chi connectivity index (χ0n) is 6.79. The summed E-state index contributed by atoms with van der Waals surface area (Å²) in [5.74, 6) is 0.473. The van der Waals surface area contributed by atoms with Crippen LogP contribution in [-0.2, 0) is 0 Å². The number of halogens is 1. The van der Waals surface area contributed by atoms with Gasteiger partial charge in [0.05, 0.1) is 11.9 Å². The minimum absolute atomic E-state index is 0.473. The van der Waals surface area contributed by atoms with Gasteiger partial charge in [-0.2, -0.15) is 0 Å². The Morgan fingerprint density at radius 2 is 1.92 bits per heavy atom. The number of anilines is 2. The van der Waals surface area contributed by atoms with Gasteiger partial charge in [0, 0.05) is 15.8 Å². The Balaban J connectivity index is 2.92. The van der Waals surface area contributed by atoms with E-state index in [9.17, 15) is 0 Å². The van der Waals surface area contributed by atoms with Crippen molar-refractivity contribution < 1.29 is 0 Å². The van der Waals surface area contributed by atoms with Crippen molar-refractivity contribution in [3.05, 3.63) is 29.4 Å².